The molecular formula is C18H21N3O3S. The smallest absolute Gasteiger partial charge is 0.269 e. The van der Waals surface area contributed by atoms with Gasteiger partial charge in [-0.1, -0.05) is 6.07 Å². The fourth-order valence-corrected chi connectivity index (χ4v) is 4.29. The van der Waals surface area contributed by atoms with Gasteiger partial charge in [0.05, 0.1) is 11.0 Å². The summed E-state index contributed by atoms with van der Waals surface area (Å²) in [6.07, 6.45) is 2.37. The number of carbonyl (C=O) groups is 1. The number of nitro groups is 1. The summed E-state index contributed by atoms with van der Waals surface area (Å²) in [5.41, 5.74) is 0.418. The van der Waals surface area contributed by atoms with Crippen LogP contribution in [0.2, 0.25) is 0 Å². The summed E-state index contributed by atoms with van der Waals surface area (Å²) in [6.45, 7) is 4.10. The Bertz CT molecular complexity index is 725. The molecule has 0 bridgehead atoms. The van der Waals surface area contributed by atoms with Crippen molar-refractivity contribution in [1.29, 1.82) is 0 Å². The normalized spacial score (nSPS) is 17.2. The predicted molar refractivity (Wildman–Crippen MR) is 97.9 cm³/mol. The van der Waals surface area contributed by atoms with Crippen LogP contribution in [0.1, 0.15) is 41.0 Å². The van der Waals surface area contributed by atoms with Gasteiger partial charge in [-0.3, -0.25) is 19.8 Å². The summed E-state index contributed by atoms with van der Waals surface area (Å²) in [5, 5.41) is 15.9. The first kappa shape index (κ1) is 17.6. The fourth-order valence-electron chi connectivity index (χ4n) is 3.33. The Labute approximate surface area is 150 Å². The Kier molecular flexibility index (Phi) is 5.45. The molecule has 1 aromatic heterocycles. The maximum absolute atomic E-state index is 12.5. The standard InChI is InChI=1S/C18H21N3O3S/c1-13(17(16-5-4-12-25-16)20-10-2-3-11-20)19-18(22)14-6-8-15(9-7-14)21(23)24/h4-9,12-13,17H,2-3,10-11H2,1H3,(H,19,22)/t13-,17-/m1/s1. The number of amides is 1. The molecule has 132 valence electrons. The lowest BCUT2D eigenvalue weighted by molar-refractivity contribution is -0.384. The van der Waals surface area contributed by atoms with Gasteiger partial charge in [0.15, 0.2) is 0 Å². The number of benzene rings is 1. The van der Waals surface area contributed by atoms with E-state index in [1.165, 1.54) is 42.0 Å². The molecule has 0 unspecified atom stereocenters. The van der Waals surface area contributed by atoms with Gasteiger partial charge >= 0.3 is 0 Å². The maximum Gasteiger partial charge on any atom is 0.269 e. The first-order valence-electron chi connectivity index (χ1n) is 8.39. The number of non-ortho nitro benzene ring substituents is 1. The molecular weight excluding hydrogens is 338 g/mol. The molecule has 1 aromatic carbocycles. The number of nitrogens with zero attached hydrogens (tertiary/aromatic N) is 2. The predicted octanol–water partition coefficient (Wildman–Crippen LogP) is 3.61. The van der Waals surface area contributed by atoms with Gasteiger partial charge in [0.25, 0.3) is 11.6 Å². The number of hydrogen-bond donors (Lipinski definition) is 1. The van der Waals surface area contributed by atoms with Crippen LogP contribution in [-0.2, 0) is 0 Å². The molecule has 1 aliphatic heterocycles. The number of hydrogen-bond acceptors (Lipinski definition) is 5. The van der Waals surface area contributed by atoms with Gasteiger partial charge < -0.3 is 5.32 Å². The first-order valence-corrected chi connectivity index (χ1v) is 9.27. The number of carbonyl (C=O) groups excluding carboxylic acids is 1. The van der Waals surface area contributed by atoms with E-state index < -0.39 is 4.92 Å². The summed E-state index contributed by atoms with van der Waals surface area (Å²) >= 11 is 1.71. The lowest BCUT2D eigenvalue weighted by Crippen LogP contribution is -2.43. The third kappa shape index (κ3) is 4.05. The Morgan fingerprint density at radius 2 is 1.92 bits per heavy atom. The topological polar surface area (TPSA) is 75.5 Å². The maximum atomic E-state index is 12.5. The number of likely N-dealkylation sites (tertiary alicyclic amines) is 1. The molecule has 1 fully saturated rings. The molecule has 2 heterocycles. The van der Waals surface area contributed by atoms with Crippen molar-refractivity contribution in [1.82, 2.24) is 10.2 Å². The van der Waals surface area contributed by atoms with Crippen LogP contribution in [0.5, 0.6) is 0 Å². The molecule has 3 rings (SSSR count). The number of nitrogens with one attached hydrogen (secondary N) is 1. The van der Waals surface area contributed by atoms with E-state index in [4.69, 9.17) is 0 Å². The molecule has 6 nitrogen and oxygen atoms in total. The minimum Gasteiger partial charge on any atom is -0.348 e. The van der Waals surface area contributed by atoms with Crippen molar-refractivity contribution in [2.45, 2.75) is 31.8 Å². The molecule has 25 heavy (non-hydrogen) atoms. The molecule has 2 atom stereocenters. The fraction of sp³-hybridized carbons (Fsp3) is 0.389. The van der Waals surface area contributed by atoms with Gasteiger partial charge in [0, 0.05) is 28.6 Å². The second kappa shape index (κ2) is 7.76. The molecule has 1 saturated heterocycles. The summed E-state index contributed by atoms with van der Waals surface area (Å²) in [5.74, 6) is -0.205. The molecule has 1 amide bonds. The molecule has 0 saturated carbocycles. The van der Waals surface area contributed by atoms with Crippen LogP contribution >= 0.6 is 11.3 Å². The van der Waals surface area contributed by atoms with Crippen LogP contribution in [0.3, 0.4) is 0 Å². The number of thiophene rings is 1. The van der Waals surface area contributed by atoms with Gasteiger partial charge in [-0.05, 0) is 56.4 Å². The lowest BCUT2D eigenvalue weighted by Gasteiger charge is -2.32. The molecule has 1 aliphatic rings. The third-order valence-corrected chi connectivity index (χ3v) is 5.48. The molecule has 0 radical (unpaired) electrons. The summed E-state index contributed by atoms with van der Waals surface area (Å²) in [6, 6.07) is 9.96. The monoisotopic (exact) mass is 359 g/mol. The average Bonchev–Trinajstić information content (AvgIpc) is 3.29. The van der Waals surface area contributed by atoms with Crippen molar-refractivity contribution in [3.05, 3.63) is 62.3 Å². The average molecular weight is 359 g/mol. The highest BCUT2D eigenvalue weighted by Crippen LogP contribution is 2.31. The van der Waals surface area contributed by atoms with Crippen LogP contribution in [0.4, 0.5) is 5.69 Å². The van der Waals surface area contributed by atoms with E-state index in [-0.39, 0.29) is 23.7 Å². The zero-order valence-corrected chi connectivity index (χ0v) is 14.9. The van der Waals surface area contributed by atoms with Crippen LogP contribution in [-0.4, -0.2) is 34.9 Å². The van der Waals surface area contributed by atoms with E-state index in [2.05, 4.69) is 21.7 Å². The summed E-state index contributed by atoms with van der Waals surface area (Å²) < 4.78 is 0. The Morgan fingerprint density at radius 1 is 1.24 bits per heavy atom. The Morgan fingerprint density at radius 3 is 2.48 bits per heavy atom. The van der Waals surface area contributed by atoms with Crippen molar-refractivity contribution in [2.75, 3.05) is 13.1 Å². The highest BCUT2D eigenvalue weighted by Gasteiger charge is 2.30. The van der Waals surface area contributed by atoms with E-state index in [0.29, 0.717) is 5.56 Å². The van der Waals surface area contributed by atoms with Crippen LogP contribution in [0, 0.1) is 10.1 Å². The van der Waals surface area contributed by atoms with Gasteiger partial charge in [0.2, 0.25) is 0 Å². The first-order chi connectivity index (χ1) is 12.1. The molecule has 2 aromatic rings. The van der Waals surface area contributed by atoms with Crippen molar-refractivity contribution in [3.8, 4) is 0 Å². The molecule has 0 aliphatic carbocycles. The van der Waals surface area contributed by atoms with Gasteiger partial charge in [0.1, 0.15) is 0 Å². The Hall–Kier alpha value is -2.25. The lowest BCUT2D eigenvalue weighted by atomic mass is 10.1. The quantitative estimate of drug-likeness (QED) is 0.631. The van der Waals surface area contributed by atoms with Crippen LogP contribution < -0.4 is 5.32 Å². The molecule has 0 spiro atoms. The summed E-state index contributed by atoms with van der Waals surface area (Å²) in [4.78, 5) is 26.5. The van der Waals surface area contributed by atoms with E-state index in [1.807, 2.05) is 13.0 Å². The van der Waals surface area contributed by atoms with E-state index in [0.717, 1.165) is 13.1 Å². The zero-order chi connectivity index (χ0) is 17.8. The second-order valence-corrected chi connectivity index (χ2v) is 7.25. The molecule has 1 N–H and O–H groups in total. The second-order valence-electron chi connectivity index (χ2n) is 6.27. The van der Waals surface area contributed by atoms with Crippen molar-refractivity contribution in [2.24, 2.45) is 0 Å². The SMILES string of the molecule is C[C@@H](NC(=O)c1ccc([N+](=O)[O-])cc1)[C@H](c1cccs1)N1CCCC1. The number of nitro benzene ring substituents is 1. The zero-order valence-electron chi connectivity index (χ0n) is 14.1. The van der Waals surface area contributed by atoms with Crippen LogP contribution in [0.25, 0.3) is 0 Å². The van der Waals surface area contributed by atoms with E-state index in [1.54, 1.807) is 11.3 Å². The van der Waals surface area contributed by atoms with Gasteiger partial charge in [-0.2, -0.15) is 0 Å². The van der Waals surface area contributed by atoms with Crippen molar-refractivity contribution >= 4 is 22.9 Å². The van der Waals surface area contributed by atoms with Crippen LogP contribution in [0.15, 0.2) is 41.8 Å². The highest BCUT2D eigenvalue weighted by molar-refractivity contribution is 7.10. The largest absolute Gasteiger partial charge is 0.348 e. The van der Waals surface area contributed by atoms with Gasteiger partial charge in [-0.25, -0.2) is 0 Å². The minimum absolute atomic E-state index is 0.0156. The third-order valence-electron chi connectivity index (χ3n) is 4.54. The van der Waals surface area contributed by atoms with Crippen molar-refractivity contribution in [3.63, 3.8) is 0 Å². The van der Waals surface area contributed by atoms with Gasteiger partial charge in [-0.15, -0.1) is 11.3 Å². The Balaban J connectivity index is 1.73. The van der Waals surface area contributed by atoms with E-state index >= 15 is 0 Å². The molecule has 7 heteroatoms. The number of rotatable bonds is 6. The highest BCUT2D eigenvalue weighted by atomic mass is 32.1. The van der Waals surface area contributed by atoms with E-state index in [9.17, 15) is 14.9 Å². The minimum atomic E-state index is -0.468. The summed E-state index contributed by atoms with van der Waals surface area (Å²) in [7, 11) is 0. The van der Waals surface area contributed by atoms with Crippen molar-refractivity contribution < 1.29 is 9.72 Å².